The molecular weight excluding hydrogens is 615 g/mol. The van der Waals surface area contributed by atoms with E-state index in [2.05, 4.69) is 83.8 Å². The van der Waals surface area contributed by atoms with Crippen LogP contribution in [0.3, 0.4) is 0 Å². The van der Waals surface area contributed by atoms with Crippen molar-refractivity contribution in [3.63, 3.8) is 0 Å². The fourth-order valence-corrected chi connectivity index (χ4v) is 7.05. The Labute approximate surface area is 287 Å². The molecule has 4 heterocycles. The van der Waals surface area contributed by atoms with Crippen molar-refractivity contribution in [3.8, 4) is 56.3 Å². The number of para-hydroxylation sites is 2. The first-order chi connectivity index (χ1) is 24.8. The third kappa shape index (κ3) is 4.60. The maximum absolute atomic E-state index is 6.71. The SMILES string of the molecule is c1ccc(-c2cc(-c3ccccc3-c3ccccn3)nc(-c3ccc(-c4ccc5c(c4)oc4ccccc45)c4c3oc3ccccc34)n2)cc1. The summed E-state index contributed by atoms with van der Waals surface area (Å²) in [6.07, 6.45) is 1.82. The van der Waals surface area contributed by atoms with E-state index in [-0.39, 0.29) is 0 Å². The number of furan rings is 2. The van der Waals surface area contributed by atoms with Crippen molar-refractivity contribution >= 4 is 43.9 Å². The van der Waals surface area contributed by atoms with Gasteiger partial charge in [-0.25, -0.2) is 9.97 Å². The predicted octanol–water partition coefficient (Wildman–Crippen LogP) is 12.0. The molecule has 0 spiro atoms. The Morgan fingerprint density at radius 3 is 1.86 bits per heavy atom. The monoisotopic (exact) mass is 641 g/mol. The quantitative estimate of drug-likeness (QED) is 0.187. The van der Waals surface area contributed by atoms with Crippen LogP contribution >= 0.6 is 0 Å². The Kier molecular flexibility index (Phi) is 6.42. The average molecular weight is 642 g/mol. The van der Waals surface area contributed by atoms with Gasteiger partial charge in [-0.1, -0.05) is 109 Å². The van der Waals surface area contributed by atoms with E-state index in [0.717, 1.165) is 94.3 Å². The Morgan fingerprint density at radius 2 is 1.04 bits per heavy atom. The second-order valence-corrected chi connectivity index (χ2v) is 12.4. The highest BCUT2D eigenvalue weighted by Gasteiger charge is 2.21. The second-order valence-electron chi connectivity index (χ2n) is 12.4. The minimum Gasteiger partial charge on any atom is -0.456 e. The van der Waals surface area contributed by atoms with Gasteiger partial charge in [0.2, 0.25) is 0 Å². The zero-order chi connectivity index (χ0) is 33.0. The molecule has 10 rings (SSSR count). The van der Waals surface area contributed by atoms with Crippen LogP contribution in [0.1, 0.15) is 0 Å². The van der Waals surface area contributed by atoms with Gasteiger partial charge < -0.3 is 8.83 Å². The average Bonchev–Trinajstić information content (AvgIpc) is 3.77. The molecule has 0 unspecified atom stereocenters. The fourth-order valence-electron chi connectivity index (χ4n) is 7.05. The summed E-state index contributed by atoms with van der Waals surface area (Å²) in [5, 5.41) is 4.25. The zero-order valence-electron chi connectivity index (χ0n) is 26.7. The van der Waals surface area contributed by atoms with Crippen LogP contribution in [0, 0.1) is 0 Å². The lowest BCUT2D eigenvalue weighted by Crippen LogP contribution is -1.98. The number of rotatable bonds is 5. The first kappa shape index (κ1) is 28.2. The Morgan fingerprint density at radius 1 is 0.380 bits per heavy atom. The van der Waals surface area contributed by atoms with Crippen LogP contribution in [-0.4, -0.2) is 15.0 Å². The summed E-state index contributed by atoms with van der Waals surface area (Å²) < 4.78 is 13.0. The smallest absolute Gasteiger partial charge is 0.164 e. The van der Waals surface area contributed by atoms with Gasteiger partial charge in [-0.15, -0.1) is 0 Å². The Bertz CT molecular complexity index is 2870. The van der Waals surface area contributed by atoms with Gasteiger partial charge >= 0.3 is 0 Å². The van der Waals surface area contributed by atoms with Gasteiger partial charge in [-0.05, 0) is 59.7 Å². The van der Waals surface area contributed by atoms with Crippen LogP contribution < -0.4 is 0 Å². The molecule has 10 aromatic rings. The van der Waals surface area contributed by atoms with Crippen LogP contribution in [0.25, 0.3) is 100 Å². The van der Waals surface area contributed by atoms with E-state index >= 15 is 0 Å². The van der Waals surface area contributed by atoms with Crippen LogP contribution in [0.4, 0.5) is 0 Å². The van der Waals surface area contributed by atoms with Gasteiger partial charge in [0.15, 0.2) is 5.82 Å². The Balaban J connectivity index is 1.22. The number of pyridine rings is 1. The first-order valence-electron chi connectivity index (χ1n) is 16.6. The minimum atomic E-state index is 0.584. The summed E-state index contributed by atoms with van der Waals surface area (Å²) in [4.78, 5) is 15.1. The van der Waals surface area contributed by atoms with Crippen LogP contribution in [0.2, 0.25) is 0 Å². The van der Waals surface area contributed by atoms with Crippen LogP contribution in [0.5, 0.6) is 0 Å². The van der Waals surface area contributed by atoms with Gasteiger partial charge in [0.25, 0.3) is 0 Å². The van der Waals surface area contributed by atoms with E-state index in [1.807, 2.05) is 85.1 Å². The maximum Gasteiger partial charge on any atom is 0.164 e. The molecule has 0 aliphatic heterocycles. The number of nitrogens with zero attached hydrogens (tertiary/aromatic N) is 3. The summed E-state index contributed by atoms with van der Waals surface area (Å²) >= 11 is 0. The zero-order valence-corrected chi connectivity index (χ0v) is 26.7. The highest BCUT2D eigenvalue weighted by atomic mass is 16.3. The van der Waals surface area contributed by atoms with Crippen molar-refractivity contribution in [1.29, 1.82) is 0 Å². The van der Waals surface area contributed by atoms with Crippen molar-refractivity contribution in [2.75, 3.05) is 0 Å². The van der Waals surface area contributed by atoms with Crippen molar-refractivity contribution in [1.82, 2.24) is 15.0 Å². The lowest BCUT2D eigenvalue weighted by atomic mass is 9.95. The highest BCUT2D eigenvalue weighted by molar-refractivity contribution is 6.16. The second kappa shape index (κ2) is 11.4. The molecule has 0 amide bonds. The third-order valence-electron chi connectivity index (χ3n) is 9.40. The number of hydrogen-bond donors (Lipinski definition) is 0. The molecule has 0 saturated heterocycles. The molecule has 0 N–H and O–H groups in total. The standard InChI is InChI=1S/C45H27N3O2/c1-2-12-28(13-3-1)38-27-39(32-15-5-4-14-31(32)37-18-10-11-25-46-37)48-45(47-38)36-24-23-30(43-35-17-7-9-20-41(35)50-44(36)43)29-21-22-34-33-16-6-8-19-40(33)49-42(34)26-29/h1-27H. The molecule has 0 saturated carbocycles. The fraction of sp³-hybridized carbons (Fsp3) is 0. The summed E-state index contributed by atoms with van der Waals surface area (Å²) in [5.41, 5.74) is 11.7. The maximum atomic E-state index is 6.71. The predicted molar refractivity (Wildman–Crippen MR) is 202 cm³/mol. The molecule has 0 aliphatic carbocycles. The lowest BCUT2D eigenvalue weighted by molar-refractivity contribution is 0.668. The van der Waals surface area contributed by atoms with Gasteiger partial charge in [0.1, 0.15) is 22.3 Å². The molecule has 0 atom stereocenters. The highest BCUT2D eigenvalue weighted by Crippen LogP contribution is 2.43. The molecule has 6 aromatic carbocycles. The number of hydrogen-bond acceptors (Lipinski definition) is 5. The summed E-state index contributed by atoms with van der Waals surface area (Å²) in [5.74, 6) is 0.584. The van der Waals surface area contributed by atoms with E-state index in [9.17, 15) is 0 Å². The van der Waals surface area contributed by atoms with Crippen molar-refractivity contribution in [2.24, 2.45) is 0 Å². The van der Waals surface area contributed by atoms with E-state index < -0.39 is 0 Å². The summed E-state index contributed by atoms with van der Waals surface area (Å²) in [7, 11) is 0. The molecule has 5 heteroatoms. The van der Waals surface area contributed by atoms with Gasteiger partial charge in [0, 0.05) is 44.4 Å². The van der Waals surface area contributed by atoms with Gasteiger partial charge in [-0.2, -0.15) is 0 Å². The minimum absolute atomic E-state index is 0.584. The van der Waals surface area contributed by atoms with Crippen LogP contribution in [-0.2, 0) is 0 Å². The molecule has 234 valence electrons. The van der Waals surface area contributed by atoms with E-state index in [4.69, 9.17) is 18.8 Å². The van der Waals surface area contributed by atoms with Crippen molar-refractivity contribution in [2.45, 2.75) is 0 Å². The normalized spacial score (nSPS) is 11.6. The lowest BCUT2D eigenvalue weighted by Gasteiger charge is -2.13. The molecule has 0 aliphatic rings. The number of benzene rings is 6. The first-order valence-corrected chi connectivity index (χ1v) is 16.6. The van der Waals surface area contributed by atoms with Crippen molar-refractivity contribution < 1.29 is 8.83 Å². The molecule has 5 nitrogen and oxygen atoms in total. The largest absolute Gasteiger partial charge is 0.456 e. The van der Waals surface area contributed by atoms with Gasteiger partial charge in [0.05, 0.1) is 22.6 Å². The molecule has 4 aromatic heterocycles. The third-order valence-corrected chi connectivity index (χ3v) is 9.40. The Hall–Kier alpha value is -6.85. The molecule has 0 bridgehead atoms. The molecule has 50 heavy (non-hydrogen) atoms. The number of aromatic nitrogens is 3. The molecular formula is C45H27N3O2. The van der Waals surface area contributed by atoms with Crippen LogP contribution in [0.15, 0.2) is 173 Å². The van der Waals surface area contributed by atoms with Gasteiger partial charge in [-0.3, -0.25) is 4.98 Å². The van der Waals surface area contributed by atoms with E-state index in [1.165, 1.54) is 0 Å². The van der Waals surface area contributed by atoms with E-state index in [0.29, 0.717) is 5.82 Å². The summed E-state index contributed by atoms with van der Waals surface area (Å²) in [6, 6.07) is 53.6. The molecule has 0 radical (unpaired) electrons. The topological polar surface area (TPSA) is 65.0 Å². The van der Waals surface area contributed by atoms with Crippen molar-refractivity contribution in [3.05, 3.63) is 164 Å². The van der Waals surface area contributed by atoms with E-state index in [1.54, 1.807) is 0 Å². The summed E-state index contributed by atoms with van der Waals surface area (Å²) in [6.45, 7) is 0. The number of fused-ring (bicyclic) bond motifs is 6. The molecule has 0 fully saturated rings.